The number of benzene rings is 2. The van der Waals surface area contributed by atoms with Gasteiger partial charge in [-0.2, -0.15) is 5.10 Å². The van der Waals surface area contributed by atoms with Crippen LogP contribution in [0.3, 0.4) is 0 Å². The van der Waals surface area contributed by atoms with Crippen LogP contribution in [0.25, 0.3) is 16.9 Å². The lowest BCUT2D eigenvalue weighted by Crippen LogP contribution is -2.49. The van der Waals surface area contributed by atoms with E-state index in [4.69, 9.17) is 9.84 Å². The number of aromatic nitrogens is 3. The van der Waals surface area contributed by atoms with Crippen LogP contribution in [0, 0.1) is 0 Å². The second kappa shape index (κ2) is 10.8. The number of hydrogen-bond acceptors (Lipinski definition) is 6. The SMILES string of the molecule is COc1ccccc1-c1nn(-c2ccccc2)cc1C(=O)N1CCN(c2ccc(CN(C)C)cn2)CC1. The van der Waals surface area contributed by atoms with Crippen molar-refractivity contribution in [3.8, 4) is 22.7 Å². The second-order valence-electron chi connectivity index (χ2n) is 9.41. The largest absolute Gasteiger partial charge is 0.496 e. The first-order chi connectivity index (χ1) is 18.0. The molecule has 5 rings (SSSR count). The van der Waals surface area contributed by atoms with E-state index >= 15 is 0 Å². The topological polar surface area (TPSA) is 66.7 Å². The molecule has 0 atom stereocenters. The van der Waals surface area contributed by atoms with Gasteiger partial charge >= 0.3 is 0 Å². The average Bonchev–Trinajstić information content (AvgIpc) is 3.39. The first kappa shape index (κ1) is 24.5. The summed E-state index contributed by atoms with van der Waals surface area (Å²) >= 11 is 0. The maximum atomic E-state index is 13.8. The number of anilines is 1. The van der Waals surface area contributed by atoms with E-state index in [1.807, 2.05) is 86.0 Å². The average molecular weight is 497 g/mol. The van der Waals surface area contributed by atoms with Crippen molar-refractivity contribution in [2.75, 3.05) is 52.3 Å². The Morgan fingerprint density at radius 3 is 2.35 bits per heavy atom. The Labute approximate surface area is 217 Å². The van der Waals surface area contributed by atoms with Crippen molar-refractivity contribution in [3.05, 3.63) is 90.3 Å². The number of rotatable bonds is 7. The molecule has 8 nitrogen and oxygen atoms in total. The van der Waals surface area contributed by atoms with Crippen LogP contribution >= 0.6 is 0 Å². The Kier molecular flexibility index (Phi) is 7.18. The highest BCUT2D eigenvalue weighted by Crippen LogP contribution is 2.32. The number of methoxy groups -OCH3 is 1. The standard InChI is InChI=1S/C29H32N6O2/c1-32(2)20-22-13-14-27(30-19-22)33-15-17-34(18-16-33)29(36)25-21-35(23-9-5-4-6-10-23)31-28(25)24-11-7-8-12-26(24)37-3/h4-14,19,21H,15-18,20H2,1-3H3. The van der Waals surface area contributed by atoms with Gasteiger partial charge in [0.05, 0.1) is 18.4 Å². The summed E-state index contributed by atoms with van der Waals surface area (Å²) in [6.07, 6.45) is 3.77. The van der Waals surface area contributed by atoms with E-state index in [2.05, 4.69) is 26.9 Å². The summed E-state index contributed by atoms with van der Waals surface area (Å²) in [5.41, 5.74) is 4.05. The highest BCUT2D eigenvalue weighted by atomic mass is 16.5. The van der Waals surface area contributed by atoms with E-state index in [0.717, 1.165) is 36.7 Å². The monoisotopic (exact) mass is 496 g/mol. The first-order valence-electron chi connectivity index (χ1n) is 12.5. The molecule has 0 radical (unpaired) electrons. The Morgan fingerprint density at radius 2 is 1.68 bits per heavy atom. The fraction of sp³-hybridized carbons (Fsp3) is 0.276. The Morgan fingerprint density at radius 1 is 0.946 bits per heavy atom. The normalized spacial score (nSPS) is 13.7. The molecule has 190 valence electrons. The molecule has 2 aromatic carbocycles. The molecular formula is C29H32N6O2. The lowest BCUT2D eigenvalue weighted by Gasteiger charge is -2.35. The number of hydrogen-bond donors (Lipinski definition) is 0. The van der Waals surface area contributed by atoms with Crippen molar-refractivity contribution >= 4 is 11.7 Å². The number of carbonyl (C=O) groups is 1. The summed E-state index contributed by atoms with van der Waals surface area (Å²) in [5.74, 6) is 1.60. The van der Waals surface area contributed by atoms with E-state index < -0.39 is 0 Å². The molecule has 0 N–H and O–H groups in total. The number of carbonyl (C=O) groups excluding carboxylic acids is 1. The predicted molar refractivity (Wildman–Crippen MR) is 145 cm³/mol. The number of pyridine rings is 1. The molecule has 0 unspecified atom stereocenters. The molecule has 1 aliphatic rings. The fourth-order valence-corrected chi connectivity index (χ4v) is 4.65. The lowest BCUT2D eigenvalue weighted by atomic mass is 10.1. The van der Waals surface area contributed by atoms with Gasteiger partial charge in [0.2, 0.25) is 0 Å². The van der Waals surface area contributed by atoms with Crippen LogP contribution in [0.4, 0.5) is 5.82 Å². The fourth-order valence-electron chi connectivity index (χ4n) is 4.65. The van der Waals surface area contributed by atoms with Gasteiger partial charge < -0.3 is 19.4 Å². The minimum absolute atomic E-state index is 0.0305. The van der Waals surface area contributed by atoms with Gasteiger partial charge in [-0.25, -0.2) is 9.67 Å². The third kappa shape index (κ3) is 5.34. The molecule has 37 heavy (non-hydrogen) atoms. The number of para-hydroxylation sites is 2. The van der Waals surface area contributed by atoms with Crippen LogP contribution in [0.1, 0.15) is 15.9 Å². The van der Waals surface area contributed by atoms with Gasteiger partial charge in [0.1, 0.15) is 17.3 Å². The maximum Gasteiger partial charge on any atom is 0.257 e. The van der Waals surface area contributed by atoms with Gasteiger partial charge in [0.25, 0.3) is 5.91 Å². The summed E-state index contributed by atoms with van der Waals surface area (Å²) < 4.78 is 7.37. The molecule has 8 heteroatoms. The second-order valence-corrected chi connectivity index (χ2v) is 9.41. The molecule has 1 fully saturated rings. The zero-order valence-electron chi connectivity index (χ0n) is 21.5. The van der Waals surface area contributed by atoms with Crippen molar-refractivity contribution in [2.45, 2.75) is 6.54 Å². The zero-order chi connectivity index (χ0) is 25.8. The molecule has 0 bridgehead atoms. The highest BCUT2D eigenvalue weighted by Gasteiger charge is 2.28. The van der Waals surface area contributed by atoms with Crippen LogP contribution < -0.4 is 9.64 Å². The zero-order valence-corrected chi connectivity index (χ0v) is 21.5. The van der Waals surface area contributed by atoms with Gasteiger partial charge in [-0.3, -0.25) is 4.79 Å². The summed E-state index contributed by atoms with van der Waals surface area (Å²) in [6, 6.07) is 21.7. The summed E-state index contributed by atoms with van der Waals surface area (Å²) in [4.78, 5) is 24.7. The molecule has 0 spiro atoms. The Balaban J connectivity index is 1.38. The van der Waals surface area contributed by atoms with Crippen LogP contribution in [0.15, 0.2) is 79.1 Å². The summed E-state index contributed by atoms with van der Waals surface area (Å²) in [7, 11) is 5.73. The molecule has 0 aliphatic carbocycles. The van der Waals surface area contributed by atoms with E-state index in [1.165, 1.54) is 5.56 Å². The summed E-state index contributed by atoms with van der Waals surface area (Å²) in [5, 5.41) is 4.83. The minimum atomic E-state index is -0.0305. The molecule has 4 aromatic rings. The van der Waals surface area contributed by atoms with Crippen molar-refractivity contribution in [1.82, 2.24) is 24.6 Å². The summed E-state index contributed by atoms with van der Waals surface area (Å²) in [6.45, 7) is 3.54. The number of amides is 1. The quantitative estimate of drug-likeness (QED) is 0.386. The van der Waals surface area contributed by atoms with E-state index in [-0.39, 0.29) is 5.91 Å². The third-order valence-corrected chi connectivity index (χ3v) is 6.53. The predicted octanol–water partition coefficient (Wildman–Crippen LogP) is 3.97. The van der Waals surface area contributed by atoms with Crippen LogP contribution in [-0.4, -0.2) is 77.9 Å². The molecule has 1 saturated heterocycles. The molecule has 1 amide bonds. The highest BCUT2D eigenvalue weighted by molar-refractivity contribution is 6.00. The van der Waals surface area contributed by atoms with E-state index in [9.17, 15) is 4.79 Å². The molecule has 1 aliphatic heterocycles. The van der Waals surface area contributed by atoms with Crippen molar-refractivity contribution in [1.29, 1.82) is 0 Å². The molecular weight excluding hydrogens is 464 g/mol. The smallest absolute Gasteiger partial charge is 0.257 e. The van der Waals surface area contributed by atoms with Gasteiger partial charge in [0.15, 0.2) is 0 Å². The van der Waals surface area contributed by atoms with Crippen LogP contribution in [0.5, 0.6) is 5.75 Å². The maximum absolute atomic E-state index is 13.8. The van der Waals surface area contributed by atoms with Gasteiger partial charge in [-0.15, -0.1) is 0 Å². The van der Waals surface area contributed by atoms with E-state index in [0.29, 0.717) is 30.1 Å². The van der Waals surface area contributed by atoms with Crippen molar-refractivity contribution in [3.63, 3.8) is 0 Å². The van der Waals surface area contributed by atoms with Gasteiger partial charge in [-0.05, 0) is 50.0 Å². The van der Waals surface area contributed by atoms with E-state index in [1.54, 1.807) is 11.8 Å². The van der Waals surface area contributed by atoms with Gasteiger partial charge in [-0.1, -0.05) is 36.4 Å². The third-order valence-electron chi connectivity index (χ3n) is 6.53. The Hall–Kier alpha value is -4.17. The Bertz CT molecular complexity index is 1340. The lowest BCUT2D eigenvalue weighted by molar-refractivity contribution is 0.0747. The number of ether oxygens (including phenoxy) is 1. The van der Waals surface area contributed by atoms with Crippen LogP contribution in [-0.2, 0) is 6.54 Å². The van der Waals surface area contributed by atoms with Crippen molar-refractivity contribution in [2.24, 2.45) is 0 Å². The minimum Gasteiger partial charge on any atom is -0.496 e. The van der Waals surface area contributed by atoms with Crippen molar-refractivity contribution < 1.29 is 9.53 Å². The number of piperazine rings is 1. The van der Waals surface area contributed by atoms with Gasteiger partial charge in [0, 0.05) is 50.7 Å². The first-order valence-corrected chi connectivity index (χ1v) is 12.5. The van der Waals surface area contributed by atoms with Crippen LogP contribution in [0.2, 0.25) is 0 Å². The molecule has 3 heterocycles. The number of nitrogens with zero attached hydrogens (tertiary/aromatic N) is 6. The molecule has 2 aromatic heterocycles. The molecule has 0 saturated carbocycles.